The SMILES string of the molecule is C=CCCCC[C]1CCCCC1. The Bertz CT molecular complexity index is 109. The molecule has 0 heterocycles. The monoisotopic (exact) mass is 165 g/mol. The Morgan fingerprint density at radius 3 is 2.50 bits per heavy atom. The van der Waals surface area contributed by atoms with Crippen molar-refractivity contribution in [3.8, 4) is 0 Å². The van der Waals surface area contributed by atoms with Crippen LogP contribution >= 0.6 is 0 Å². The van der Waals surface area contributed by atoms with E-state index >= 15 is 0 Å². The summed E-state index contributed by atoms with van der Waals surface area (Å²) in [4.78, 5) is 0. The second-order valence-electron chi connectivity index (χ2n) is 3.85. The van der Waals surface area contributed by atoms with Gasteiger partial charge in [0.1, 0.15) is 0 Å². The van der Waals surface area contributed by atoms with Gasteiger partial charge in [0.15, 0.2) is 0 Å². The van der Waals surface area contributed by atoms with Crippen molar-refractivity contribution in [2.24, 2.45) is 0 Å². The van der Waals surface area contributed by atoms with Crippen molar-refractivity contribution in [2.45, 2.75) is 57.8 Å². The van der Waals surface area contributed by atoms with Crippen LogP contribution in [-0.2, 0) is 0 Å². The van der Waals surface area contributed by atoms with E-state index in [1.807, 2.05) is 12.0 Å². The lowest BCUT2D eigenvalue weighted by atomic mass is 9.86. The molecule has 0 aliphatic heterocycles. The topological polar surface area (TPSA) is 0 Å². The molecule has 0 saturated heterocycles. The molecule has 0 bridgehead atoms. The molecule has 1 radical (unpaired) electrons. The van der Waals surface area contributed by atoms with E-state index in [1.165, 1.54) is 57.8 Å². The van der Waals surface area contributed by atoms with Crippen molar-refractivity contribution >= 4 is 0 Å². The summed E-state index contributed by atoms with van der Waals surface area (Å²) >= 11 is 0. The van der Waals surface area contributed by atoms with Gasteiger partial charge < -0.3 is 0 Å². The van der Waals surface area contributed by atoms with Gasteiger partial charge in [-0.2, -0.15) is 0 Å². The van der Waals surface area contributed by atoms with E-state index in [2.05, 4.69) is 6.58 Å². The molecule has 0 atom stereocenters. The third-order valence-electron chi connectivity index (χ3n) is 2.75. The van der Waals surface area contributed by atoms with Crippen molar-refractivity contribution in [1.82, 2.24) is 0 Å². The number of hydrogen-bond donors (Lipinski definition) is 0. The highest BCUT2D eigenvalue weighted by Gasteiger charge is 2.12. The van der Waals surface area contributed by atoms with Gasteiger partial charge >= 0.3 is 0 Å². The van der Waals surface area contributed by atoms with Gasteiger partial charge in [0.2, 0.25) is 0 Å². The molecule has 1 saturated carbocycles. The molecular formula is C12H21. The number of hydrogen-bond acceptors (Lipinski definition) is 0. The summed E-state index contributed by atoms with van der Waals surface area (Å²) in [5.74, 6) is 1.84. The second kappa shape index (κ2) is 6.28. The van der Waals surface area contributed by atoms with Gasteiger partial charge in [-0.1, -0.05) is 31.8 Å². The highest BCUT2D eigenvalue weighted by molar-refractivity contribution is 4.91. The van der Waals surface area contributed by atoms with Gasteiger partial charge in [0.05, 0.1) is 0 Å². The van der Waals surface area contributed by atoms with Crippen LogP contribution in [0, 0.1) is 5.92 Å². The summed E-state index contributed by atoms with van der Waals surface area (Å²) in [5.41, 5.74) is 0. The summed E-state index contributed by atoms with van der Waals surface area (Å²) < 4.78 is 0. The third kappa shape index (κ3) is 3.94. The molecule has 0 spiro atoms. The van der Waals surface area contributed by atoms with Crippen LogP contribution in [0.4, 0.5) is 0 Å². The van der Waals surface area contributed by atoms with Gasteiger partial charge in [-0.3, -0.25) is 0 Å². The molecule has 0 amide bonds. The van der Waals surface area contributed by atoms with Crippen molar-refractivity contribution in [3.05, 3.63) is 18.6 Å². The molecule has 12 heavy (non-hydrogen) atoms. The molecule has 0 aromatic heterocycles. The molecule has 0 aromatic carbocycles. The standard InChI is InChI=1S/C12H21/c1-2-3-4-6-9-12-10-7-5-8-11-12/h2H,1,3-11H2. The van der Waals surface area contributed by atoms with E-state index in [-0.39, 0.29) is 0 Å². The highest BCUT2D eigenvalue weighted by atomic mass is 14.2. The van der Waals surface area contributed by atoms with E-state index in [0.29, 0.717) is 0 Å². The fourth-order valence-electron chi connectivity index (χ4n) is 1.97. The van der Waals surface area contributed by atoms with Gasteiger partial charge in [0, 0.05) is 0 Å². The average Bonchev–Trinajstić information content (AvgIpc) is 2.14. The van der Waals surface area contributed by atoms with Crippen molar-refractivity contribution in [1.29, 1.82) is 0 Å². The maximum atomic E-state index is 3.74. The minimum atomic E-state index is 1.20. The zero-order valence-electron chi connectivity index (χ0n) is 8.15. The van der Waals surface area contributed by atoms with E-state index < -0.39 is 0 Å². The van der Waals surface area contributed by atoms with Gasteiger partial charge in [0.25, 0.3) is 0 Å². The highest BCUT2D eigenvalue weighted by Crippen LogP contribution is 2.29. The van der Waals surface area contributed by atoms with E-state index in [4.69, 9.17) is 0 Å². The summed E-state index contributed by atoms with van der Waals surface area (Å²) in [6, 6.07) is 0. The third-order valence-corrected chi connectivity index (χ3v) is 2.75. The molecule has 1 fully saturated rings. The molecule has 0 heteroatoms. The van der Waals surface area contributed by atoms with Gasteiger partial charge in [-0.15, -0.1) is 6.58 Å². The molecule has 69 valence electrons. The van der Waals surface area contributed by atoms with Crippen LogP contribution in [0.2, 0.25) is 0 Å². The maximum Gasteiger partial charge on any atom is -0.0241 e. The fraction of sp³-hybridized carbons (Fsp3) is 0.750. The van der Waals surface area contributed by atoms with Gasteiger partial charge in [-0.05, 0) is 38.0 Å². The number of unbranched alkanes of at least 4 members (excludes halogenated alkanes) is 2. The number of allylic oxidation sites excluding steroid dienone is 1. The van der Waals surface area contributed by atoms with Crippen LogP contribution in [0.15, 0.2) is 12.7 Å². The lowest BCUT2D eigenvalue weighted by Gasteiger charge is -2.20. The van der Waals surface area contributed by atoms with Crippen LogP contribution in [0.25, 0.3) is 0 Å². The van der Waals surface area contributed by atoms with E-state index in [9.17, 15) is 0 Å². The minimum absolute atomic E-state index is 1.20. The van der Waals surface area contributed by atoms with Gasteiger partial charge in [-0.25, -0.2) is 0 Å². The molecule has 0 nitrogen and oxygen atoms in total. The fourth-order valence-corrected chi connectivity index (χ4v) is 1.97. The minimum Gasteiger partial charge on any atom is -0.103 e. The van der Waals surface area contributed by atoms with Crippen molar-refractivity contribution in [3.63, 3.8) is 0 Å². The van der Waals surface area contributed by atoms with Crippen LogP contribution in [0.5, 0.6) is 0 Å². The number of rotatable bonds is 5. The zero-order chi connectivity index (χ0) is 8.65. The van der Waals surface area contributed by atoms with E-state index in [1.54, 1.807) is 0 Å². The molecule has 0 unspecified atom stereocenters. The molecule has 0 N–H and O–H groups in total. The lowest BCUT2D eigenvalue weighted by Crippen LogP contribution is -2.03. The first-order chi connectivity index (χ1) is 5.93. The quantitative estimate of drug-likeness (QED) is 0.421. The largest absolute Gasteiger partial charge is 0.103 e. The van der Waals surface area contributed by atoms with Crippen molar-refractivity contribution in [2.75, 3.05) is 0 Å². The van der Waals surface area contributed by atoms with Crippen LogP contribution < -0.4 is 0 Å². The second-order valence-corrected chi connectivity index (χ2v) is 3.85. The van der Waals surface area contributed by atoms with E-state index in [0.717, 1.165) is 0 Å². The predicted octanol–water partition coefficient (Wildman–Crippen LogP) is 4.27. The summed E-state index contributed by atoms with van der Waals surface area (Å²) in [6.45, 7) is 3.74. The summed E-state index contributed by atoms with van der Waals surface area (Å²) in [6.07, 6.45) is 14.6. The first kappa shape index (κ1) is 9.83. The van der Waals surface area contributed by atoms with Crippen molar-refractivity contribution < 1.29 is 0 Å². The maximum absolute atomic E-state index is 3.74. The average molecular weight is 165 g/mol. The molecule has 1 rings (SSSR count). The Morgan fingerprint density at radius 1 is 1.08 bits per heavy atom. The molecule has 1 aliphatic rings. The first-order valence-corrected chi connectivity index (χ1v) is 5.38. The predicted molar refractivity (Wildman–Crippen MR) is 55.0 cm³/mol. The summed E-state index contributed by atoms with van der Waals surface area (Å²) in [7, 11) is 0. The smallest absolute Gasteiger partial charge is 0.0241 e. The zero-order valence-corrected chi connectivity index (χ0v) is 8.15. The Balaban J connectivity index is 1.94. The molecule has 0 aromatic rings. The molecule has 1 aliphatic carbocycles. The van der Waals surface area contributed by atoms with Crippen LogP contribution in [0.1, 0.15) is 57.8 Å². The Morgan fingerprint density at radius 2 is 1.83 bits per heavy atom. The normalized spacial score (nSPS) is 19.3. The first-order valence-electron chi connectivity index (χ1n) is 5.38. The Hall–Kier alpha value is -0.260. The summed E-state index contributed by atoms with van der Waals surface area (Å²) in [5, 5.41) is 0. The Kier molecular flexibility index (Phi) is 5.14. The molecular weight excluding hydrogens is 144 g/mol. The van der Waals surface area contributed by atoms with Crippen LogP contribution in [0.3, 0.4) is 0 Å². The Labute approximate surface area is 77.1 Å². The van der Waals surface area contributed by atoms with Crippen LogP contribution in [-0.4, -0.2) is 0 Å². The lowest BCUT2D eigenvalue weighted by molar-refractivity contribution is 0.493.